The lowest BCUT2D eigenvalue weighted by molar-refractivity contribution is -0.117. The normalized spacial score (nSPS) is 19.3. The van der Waals surface area contributed by atoms with E-state index < -0.39 is 10.0 Å². The van der Waals surface area contributed by atoms with Crippen LogP contribution in [0.1, 0.15) is 17.9 Å². The number of benzene rings is 2. The van der Waals surface area contributed by atoms with Crippen LogP contribution in [0.15, 0.2) is 47.4 Å². The molecule has 2 aromatic rings. The fourth-order valence-electron chi connectivity index (χ4n) is 2.77. The van der Waals surface area contributed by atoms with Crippen LogP contribution in [0.2, 0.25) is 0 Å². The van der Waals surface area contributed by atoms with Crippen molar-refractivity contribution in [3.63, 3.8) is 0 Å². The zero-order valence-corrected chi connectivity index (χ0v) is 14.2. The molecular weight excluding hydrogens is 347 g/mol. The Morgan fingerprint density at radius 3 is 2.52 bits per heavy atom. The van der Waals surface area contributed by atoms with Crippen molar-refractivity contribution < 1.29 is 22.3 Å². The summed E-state index contributed by atoms with van der Waals surface area (Å²) in [6.45, 7) is 0. The van der Waals surface area contributed by atoms with Crippen molar-refractivity contribution in [1.82, 2.24) is 0 Å². The van der Waals surface area contributed by atoms with E-state index in [0.717, 1.165) is 5.56 Å². The number of nitrogens with two attached hydrogens (primary N) is 1. The van der Waals surface area contributed by atoms with Gasteiger partial charge in [0.1, 0.15) is 16.5 Å². The monoisotopic (exact) mass is 364 g/mol. The van der Waals surface area contributed by atoms with Gasteiger partial charge in [0, 0.05) is 11.6 Å². The first kappa shape index (κ1) is 17.4. The standard InChI is InChI=1S/C17H17FN2O4S/c1-24-15-7-6-12(8-16(15)25(19,22)23)20-17(21)14-9-13(14)10-2-4-11(18)5-3-10/h2-8,13-14H,9H2,1H3,(H,20,21)(H2,19,22,23). The second-order valence-corrected chi connectivity index (χ2v) is 7.43. The smallest absolute Gasteiger partial charge is 0.241 e. The van der Waals surface area contributed by atoms with Crippen molar-refractivity contribution in [3.8, 4) is 5.75 Å². The lowest BCUT2D eigenvalue weighted by Gasteiger charge is -2.10. The third-order valence-corrected chi connectivity index (χ3v) is 5.10. The summed E-state index contributed by atoms with van der Waals surface area (Å²) in [5.74, 6) is -0.628. The Bertz CT molecular complexity index is 913. The Kier molecular flexibility index (Phi) is 4.49. The molecule has 0 aliphatic heterocycles. The number of hydrogen-bond donors (Lipinski definition) is 2. The van der Waals surface area contributed by atoms with Crippen LogP contribution in [0.4, 0.5) is 10.1 Å². The minimum Gasteiger partial charge on any atom is -0.495 e. The fraction of sp³-hybridized carbons (Fsp3) is 0.235. The predicted molar refractivity (Wildman–Crippen MR) is 90.2 cm³/mol. The summed E-state index contributed by atoms with van der Waals surface area (Å²) < 4.78 is 41.2. The number of methoxy groups -OCH3 is 1. The van der Waals surface area contributed by atoms with Crippen LogP contribution in [0, 0.1) is 11.7 Å². The summed E-state index contributed by atoms with van der Waals surface area (Å²) in [6, 6.07) is 10.3. The lowest BCUT2D eigenvalue weighted by Crippen LogP contribution is -2.17. The van der Waals surface area contributed by atoms with Gasteiger partial charge in [-0.3, -0.25) is 4.79 Å². The van der Waals surface area contributed by atoms with Crippen molar-refractivity contribution in [2.24, 2.45) is 11.1 Å². The average molecular weight is 364 g/mol. The maximum atomic E-state index is 13.0. The van der Waals surface area contributed by atoms with E-state index >= 15 is 0 Å². The molecule has 3 rings (SSSR count). The Morgan fingerprint density at radius 2 is 1.92 bits per heavy atom. The number of carbonyl (C=O) groups is 1. The van der Waals surface area contributed by atoms with Gasteiger partial charge >= 0.3 is 0 Å². The Balaban J connectivity index is 1.73. The Labute approximate surface area is 144 Å². The van der Waals surface area contributed by atoms with Crippen molar-refractivity contribution in [3.05, 3.63) is 53.8 Å². The number of carbonyl (C=O) groups excluding carboxylic acids is 1. The van der Waals surface area contributed by atoms with E-state index in [9.17, 15) is 17.6 Å². The van der Waals surface area contributed by atoms with E-state index in [2.05, 4.69) is 5.32 Å². The van der Waals surface area contributed by atoms with Gasteiger partial charge in [-0.1, -0.05) is 12.1 Å². The van der Waals surface area contributed by atoms with Crippen LogP contribution >= 0.6 is 0 Å². The van der Waals surface area contributed by atoms with Crippen molar-refractivity contribution in [2.75, 3.05) is 12.4 Å². The zero-order valence-electron chi connectivity index (χ0n) is 13.4. The predicted octanol–water partition coefficient (Wildman–Crippen LogP) is 2.22. The molecule has 0 saturated heterocycles. The van der Waals surface area contributed by atoms with Gasteiger partial charge in [-0.2, -0.15) is 0 Å². The van der Waals surface area contributed by atoms with Gasteiger partial charge in [0.25, 0.3) is 0 Å². The molecule has 0 aromatic heterocycles. The highest BCUT2D eigenvalue weighted by Gasteiger charge is 2.43. The van der Waals surface area contributed by atoms with Crippen molar-refractivity contribution >= 4 is 21.6 Å². The molecule has 8 heteroatoms. The molecular formula is C17H17FN2O4S. The molecule has 2 aromatic carbocycles. The molecule has 2 atom stereocenters. The van der Waals surface area contributed by atoms with E-state index in [1.54, 1.807) is 18.2 Å². The maximum absolute atomic E-state index is 13.0. The van der Waals surface area contributed by atoms with Gasteiger partial charge in [-0.25, -0.2) is 17.9 Å². The van der Waals surface area contributed by atoms with E-state index in [1.165, 1.54) is 31.4 Å². The van der Waals surface area contributed by atoms with E-state index in [1.807, 2.05) is 0 Å². The highest BCUT2D eigenvalue weighted by molar-refractivity contribution is 7.89. The molecule has 2 unspecified atom stereocenters. The zero-order chi connectivity index (χ0) is 18.2. The SMILES string of the molecule is COc1ccc(NC(=O)C2CC2c2ccc(F)cc2)cc1S(N)(=O)=O. The number of hydrogen-bond acceptors (Lipinski definition) is 4. The van der Waals surface area contributed by atoms with Gasteiger partial charge < -0.3 is 10.1 Å². The summed E-state index contributed by atoms with van der Waals surface area (Å²) in [5, 5.41) is 7.85. The first-order chi connectivity index (χ1) is 11.8. The summed E-state index contributed by atoms with van der Waals surface area (Å²) in [4.78, 5) is 12.1. The number of halogens is 1. The summed E-state index contributed by atoms with van der Waals surface area (Å²) >= 11 is 0. The summed E-state index contributed by atoms with van der Waals surface area (Å²) in [7, 11) is -2.65. The van der Waals surface area contributed by atoms with Crippen LogP contribution in [0.5, 0.6) is 5.75 Å². The number of anilines is 1. The fourth-order valence-corrected chi connectivity index (χ4v) is 3.50. The first-order valence-electron chi connectivity index (χ1n) is 7.57. The van der Waals surface area contributed by atoms with Gasteiger partial charge in [0.05, 0.1) is 7.11 Å². The van der Waals surface area contributed by atoms with E-state index in [4.69, 9.17) is 9.88 Å². The van der Waals surface area contributed by atoms with Gasteiger partial charge in [-0.15, -0.1) is 0 Å². The number of sulfonamides is 1. The third-order valence-electron chi connectivity index (χ3n) is 4.16. The molecule has 1 saturated carbocycles. The quantitative estimate of drug-likeness (QED) is 0.850. The molecule has 0 heterocycles. The highest BCUT2D eigenvalue weighted by Crippen LogP contribution is 2.48. The van der Waals surface area contributed by atoms with Gasteiger partial charge in [0.15, 0.2) is 0 Å². The summed E-state index contributed by atoms with van der Waals surface area (Å²) in [5.41, 5.74) is 1.22. The van der Waals surface area contributed by atoms with E-state index in [0.29, 0.717) is 12.1 Å². The van der Waals surface area contributed by atoms with Gasteiger partial charge in [0.2, 0.25) is 15.9 Å². The number of amides is 1. The second-order valence-electron chi connectivity index (χ2n) is 5.90. The number of ether oxygens (including phenoxy) is 1. The van der Waals surface area contributed by atoms with Crippen LogP contribution in [0.3, 0.4) is 0 Å². The van der Waals surface area contributed by atoms with Crippen LogP contribution in [-0.4, -0.2) is 21.4 Å². The molecule has 25 heavy (non-hydrogen) atoms. The van der Waals surface area contributed by atoms with Crippen LogP contribution < -0.4 is 15.2 Å². The average Bonchev–Trinajstić information content (AvgIpc) is 3.35. The molecule has 1 amide bonds. The van der Waals surface area contributed by atoms with Crippen molar-refractivity contribution in [2.45, 2.75) is 17.2 Å². The molecule has 0 radical (unpaired) electrons. The highest BCUT2D eigenvalue weighted by atomic mass is 32.2. The minimum atomic E-state index is -3.98. The molecule has 132 valence electrons. The Morgan fingerprint density at radius 1 is 1.24 bits per heavy atom. The number of primary sulfonamides is 1. The maximum Gasteiger partial charge on any atom is 0.241 e. The van der Waals surface area contributed by atoms with Crippen molar-refractivity contribution in [1.29, 1.82) is 0 Å². The van der Waals surface area contributed by atoms with Crippen LogP contribution in [-0.2, 0) is 14.8 Å². The molecule has 6 nitrogen and oxygen atoms in total. The van der Waals surface area contributed by atoms with Crippen LogP contribution in [0.25, 0.3) is 0 Å². The van der Waals surface area contributed by atoms with Gasteiger partial charge in [-0.05, 0) is 48.2 Å². The molecule has 1 aliphatic rings. The number of nitrogens with one attached hydrogen (secondary N) is 1. The lowest BCUT2D eigenvalue weighted by atomic mass is 10.1. The molecule has 3 N–H and O–H groups in total. The largest absolute Gasteiger partial charge is 0.495 e. The molecule has 1 aliphatic carbocycles. The molecule has 0 bridgehead atoms. The van der Waals surface area contributed by atoms with E-state index in [-0.39, 0.29) is 34.2 Å². The topological polar surface area (TPSA) is 98.5 Å². The number of rotatable bonds is 5. The Hall–Kier alpha value is -2.45. The molecule has 1 fully saturated rings. The third kappa shape index (κ3) is 3.80. The minimum absolute atomic E-state index is 0.0385. The molecule has 0 spiro atoms. The summed E-state index contributed by atoms with van der Waals surface area (Å²) in [6.07, 6.45) is 0.662. The second kappa shape index (κ2) is 6.45. The first-order valence-corrected chi connectivity index (χ1v) is 9.11.